The lowest BCUT2D eigenvalue weighted by atomic mass is 10.1. The van der Waals surface area contributed by atoms with Gasteiger partial charge in [0.05, 0.1) is 0 Å². The molecule has 0 spiro atoms. The number of hydrogen-bond acceptors (Lipinski definition) is 3. The molecule has 5 heteroatoms. The molecule has 3 N–H and O–H groups in total. The first-order chi connectivity index (χ1) is 12.5. The minimum atomic E-state index is -0.532. The molecule has 2 amide bonds. The van der Waals surface area contributed by atoms with Crippen LogP contribution in [-0.2, 0) is 16.0 Å². The minimum absolute atomic E-state index is 0.0363. The summed E-state index contributed by atoms with van der Waals surface area (Å²) in [6.45, 7) is 4.31. The summed E-state index contributed by atoms with van der Waals surface area (Å²) >= 11 is 0. The van der Waals surface area contributed by atoms with Gasteiger partial charge in [0.1, 0.15) is 6.04 Å². The molecule has 0 saturated carbocycles. The maximum atomic E-state index is 12.7. The summed E-state index contributed by atoms with van der Waals surface area (Å²) in [5, 5.41) is 2.87. The van der Waals surface area contributed by atoms with Crippen molar-refractivity contribution in [2.75, 3.05) is 17.6 Å². The molecule has 0 radical (unpaired) electrons. The molecule has 26 heavy (non-hydrogen) atoms. The monoisotopic (exact) mass is 353 g/mol. The van der Waals surface area contributed by atoms with Gasteiger partial charge in [-0.1, -0.05) is 43.3 Å². The number of amides is 2. The van der Waals surface area contributed by atoms with Crippen LogP contribution in [0, 0.1) is 0 Å². The highest BCUT2D eigenvalue weighted by Gasteiger charge is 2.25. The Morgan fingerprint density at radius 1 is 1.08 bits per heavy atom. The van der Waals surface area contributed by atoms with Crippen LogP contribution in [0.1, 0.15) is 32.3 Å². The molecule has 0 saturated heterocycles. The zero-order valence-corrected chi connectivity index (χ0v) is 15.4. The average molecular weight is 353 g/mol. The Labute approximate surface area is 155 Å². The molecule has 0 heterocycles. The highest BCUT2D eigenvalue weighted by molar-refractivity contribution is 5.96. The van der Waals surface area contributed by atoms with Crippen LogP contribution < -0.4 is 11.1 Å². The summed E-state index contributed by atoms with van der Waals surface area (Å²) in [5.41, 5.74) is 8.32. The van der Waals surface area contributed by atoms with E-state index in [4.69, 9.17) is 5.73 Å². The molecule has 1 atom stereocenters. The molecule has 2 aromatic carbocycles. The van der Waals surface area contributed by atoms with E-state index >= 15 is 0 Å². The number of para-hydroxylation sites is 2. The van der Waals surface area contributed by atoms with Gasteiger partial charge in [0.15, 0.2) is 0 Å². The van der Waals surface area contributed by atoms with Crippen molar-refractivity contribution in [2.45, 2.75) is 39.2 Å². The SMILES string of the molecule is CCCN(C(=O)CCc1ccccc1N)C(C)C(=O)Nc1ccccc1. The van der Waals surface area contributed by atoms with E-state index in [-0.39, 0.29) is 11.8 Å². The van der Waals surface area contributed by atoms with Gasteiger partial charge in [0.25, 0.3) is 0 Å². The van der Waals surface area contributed by atoms with Crippen molar-refractivity contribution in [2.24, 2.45) is 0 Å². The number of nitrogen functional groups attached to an aromatic ring is 1. The van der Waals surface area contributed by atoms with Crippen LogP contribution in [0.15, 0.2) is 54.6 Å². The van der Waals surface area contributed by atoms with Crippen LogP contribution in [0.4, 0.5) is 11.4 Å². The Hall–Kier alpha value is -2.82. The van der Waals surface area contributed by atoms with Gasteiger partial charge in [-0.2, -0.15) is 0 Å². The predicted molar refractivity (Wildman–Crippen MR) is 106 cm³/mol. The van der Waals surface area contributed by atoms with Gasteiger partial charge in [-0.25, -0.2) is 0 Å². The third-order valence-electron chi connectivity index (χ3n) is 4.34. The van der Waals surface area contributed by atoms with Gasteiger partial charge in [-0.05, 0) is 43.5 Å². The van der Waals surface area contributed by atoms with Gasteiger partial charge in [0.2, 0.25) is 11.8 Å². The smallest absolute Gasteiger partial charge is 0.246 e. The van der Waals surface area contributed by atoms with Gasteiger partial charge < -0.3 is 16.0 Å². The maximum absolute atomic E-state index is 12.7. The normalized spacial score (nSPS) is 11.6. The number of nitrogens with two attached hydrogens (primary N) is 1. The highest BCUT2D eigenvalue weighted by Crippen LogP contribution is 2.15. The van der Waals surface area contributed by atoms with E-state index in [9.17, 15) is 9.59 Å². The topological polar surface area (TPSA) is 75.4 Å². The van der Waals surface area contributed by atoms with Crippen LogP contribution in [0.5, 0.6) is 0 Å². The largest absolute Gasteiger partial charge is 0.399 e. The van der Waals surface area contributed by atoms with E-state index in [1.165, 1.54) is 0 Å². The number of nitrogens with one attached hydrogen (secondary N) is 1. The first kappa shape index (κ1) is 19.5. The fourth-order valence-electron chi connectivity index (χ4n) is 2.83. The number of aryl methyl sites for hydroxylation is 1. The van der Waals surface area contributed by atoms with E-state index in [0.29, 0.717) is 25.1 Å². The van der Waals surface area contributed by atoms with Crippen LogP contribution >= 0.6 is 0 Å². The van der Waals surface area contributed by atoms with Crippen LogP contribution in [0.3, 0.4) is 0 Å². The molecule has 0 aromatic heterocycles. The quantitative estimate of drug-likeness (QED) is 0.714. The lowest BCUT2D eigenvalue weighted by Gasteiger charge is -2.28. The number of carbonyl (C=O) groups is 2. The maximum Gasteiger partial charge on any atom is 0.246 e. The standard InChI is InChI=1S/C21H27N3O2/c1-3-15-24(16(2)21(26)23-18-10-5-4-6-11-18)20(25)14-13-17-9-7-8-12-19(17)22/h4-12,16H,3,13-15,22H2,1-2H3,(H,23,26). The number of hydrogen-bond donors (Lipinski definition) is 2. The Kier molecular flexibility index (Phi) is 7.21. The Bertz CT molecular complexity index is 731. The van der Waals surface area contributed by atoms with Crippen LogP contribution in [-0.4, -0.2) is 29.3 Å². The lowest BCUT2D eigenvalue weighted by molar-refractivity contribution is -0.138. The Morgan fingerprint density at radius 2 is 1.73 bits per heavy atom. The Morgan fingerprint density at radius 3 is 2.38 bits per heavy atom. The third kappa shape index (κ3) is 5.34. The first-order valence-electron chi connectivity index (χ1n) is 9.01. The summed E-state index contributed by atoms with van der Waals surface area (Å²) in [6, 6.07) is 16.3. The summed E-state index contributed by atoms with van der Waals surface area (Å²) < 4.78 is 0. The zero-order chi connectivity index (χ0) is 18.9. The highest BCUT2D eigenvalue weighted by atomic mass is 16.2. The molecule has 2 aromatic rings. The zero-order valence-electron chi connectivity index (χ0n) is 15.4. The molecule has 1 unspecified atom stereocenters. The number of rotatable bonds is 8. The van der Waals surface area contributed by atoms with Crippen LogP contribution in [0.25, 0.3) is 0 Å². The molecular weight excluding hydrogens is 326 g/mol. The van der Waals surface area contributed by atoms with Crippen molar-refractivity contribution < 1.29 is 9.59 Å². The van der Waals surface area contributed by atoms with Crippen molar-refractivity contribution in [1.29, 1.82) is 0 Å². The minimum Gasteiger partial charge on any atom is -0.399 e. The van der Waals surface area contributed by atoms with Crippen LogP contribution in [0.2, 0.25) is 0 Å². The van der Waals surface area contributed by atoms with Crippen molar-refractivity contribution in [3.63, 3.8) is 0 Å². The number of anilines is 2. The molecule has 0 aliphatic heterocycles. The van der Waals surface area contributed by atoms with E-state index in [0.717, 1.165) is 17.7 Å². The van der Waals surface area contributed by atoms with E-state index < -0.39 is 6.04 Å². The molecule has 138 valence electrons. The summed E-state index contributed by atoms with van der Waals surface area (Å²) in [4.78, 5) is 26.9. The number of carbonyl (C=O) groups excluding carboxylic acids is 2. The molecule has 2 rings (SSSR count). The average Bonchev–Trinajstić information content (AvgIpc) is 2.65. The van der Waals surface area contributed by atoms with Gasteiger partial charge in [0, 0.05) is 24.3 Å². The Balaban J connectivity index is 2.00. The van der Waals surface area contributed by atoms with Crippen molar-refractivity contribution in [3.8, 4) is 0 Å². The second kappa shape index (κ2) is 9.61. The third-order valence-corrected chi connectivity index (χ3v) is 4.34. The second-order valence-corrected chi connectivity index (χ2v) is 6.32. The summed E-state index contributed by atoms with van der Waals surface area (Å²) in [5.74, 6) is -0.219. The van der Waals surface area contributed by atoms with E-state index in [2.05, 4.69) is 5.32 Å². The second-order valence-electron chi connectivity index (χ2n) is 6.32. The van der Waals surface area contributed by atoms with Gasteiger partial charge in [-0.15, -0.1) is 0 Å². The van der Waals surface area contributed by atoms with Crippen molar-refractivity contribution >= 4 is 23.2 Å². The fraction of sp³-hybridized carbons (Fsp3) is 0.333. The molecule has 0 aliphatic carbocycles. The summed E-state index contributed by atoms with van der Waals surface area (Å²) in [7, 11) is 0. The van der Waals surface area contributed by atoms with Gasteiger partial charge in [-0.3, -0.25) is 9.59 Å². The van der Waals surface area contributed by atoms with Gasteiger partial charge >= 0.3 is 0 Å². The predicted octanol–water partition coefficient (Wildman–Crippen LogP) is 3.47. The van der Waals surface area contributed by atoms with Crippen molar-refractivity contribution in [3.05, 3.63) is 60.2 Å². The molecule has 0 bridgehead atoms. The molecular formula is C21H27N3O2. The van der Waals surface area contributed by atoms with Crippen molar-refractivity contribution in [1.82, 2.24) is 4.90 Å². The first-order valence-corrected chi connectivity index (χ1v) is 9.01. The number of nitrogens with zero attached hydrogens (tertiary/aromatic N) is 1. The number of benzene rings is 2. The van der Waals surface area contributed by atoms with E-state index in [1.54, 1.807) is 11.8 Å². The lowest BCUT2D eigenvalue weighted by Crippen LogP contribution is -2.46. The molecule has 0 aliphatic rings. The summed E-state index contributed by atoms with van der Waals surface area (Å²) in [6.07, 6.45) is 1.69. The van der Waals surface area contributed by atoms with E-state index in [1.807, 2.05) is 61.5 Å². The molecule has 0 fully saturated rings. The fourth-order valence-corrected chi connectivity index (χ4v) is 2.83. The molecule has 5 nitrogen and oxygen atoms in total.